The average molecular weight is 310 g/mol. The summed E-state index contributed by atoms with van der Waals surface area (Å²) < 4.78 is 0. The zero-order chi connectivity index (χ0) is 15.4. The Hall–Kier alpha value is -1.13. The van der Waals surface area contributed by atoms with Crippen molar-refractivity contribution in [2.24, 2.45) is 11.8 Å². The minimum absolute atomic E-state index is 0.0928. The molecule has 0 saturated carbocycles. The highest BCUT2D eigenvalue weighted by molar-refractivity contribution is 6.29. The van der Waals surface area contributed by atoms with E-state index < -0.39 is 0 Å². The van der Waals surface area contributed by atoms with Crippen molar-refractivity contribution in [1.29, 1.82) is 0 Å². The van der Waals surface area contributed by atoms with E-state index in [4.69, 9.17) is 11.6 Å². The molecular formula is C16H24ClN3O. The van der Waals surface area contributed by atoms with Crippen molar-refractivity contribution in [3.8, 4) is 0 Å². The van der Waals surface area contributed by atoms with Crippen molar-refractivity contribution < 1.29 is 4.79 Å². The van der Waals surface area contributed by atoms with Crippen LogP contribution in [0.2, 0.25) is 5.15 Å². The van der Waals surface area contributed by atoms with Crippen LogP contribution in [0.25, 0.3) is 0 Å². The molecule has 0 aromatic carbocycles. The molecule has 21 heavy (non-hydrogen) atoms. The molecule has 1 aliphatic rings. The van der Waals surface area contributed by atoms with E-state index in [-0.39, 0.29) is 11.9 Å². The Bertz CT molecular complexity index is 467. The van der Waals surface area contributed by atoms with E-state index in [1.54, 1.807) is 12.1 Å². The number of carbonyl (C=O) groups excluding carboxylic acids is 1. The third-order valence-electron chi connectivity index (χ3n) is 3.84. The molecule has 2 heterocycles. The summed E-state index contributed by atoms with van der Waals surface area (Å²) in [5.74, 6) is 1.37. The minimum Gasteiger partial charge on any atom is -0.348 e. The van der Waals surface area contributed by atoms with E-state index in [1.807, 2.05) is 6.92 Å². The molecule has 116 valence electrons. The van der Waals surface area contributed by atoms with E-state index in [0.29, 0.717) is 10.7 Å². The topological polar surface area (TPSA) is 45.2 Å². The number of nitrogens with zero attached hydrogens (tertiary/aromatic N) is 2. The zero-order valence-electron chi connectivity index (χ0n) is 13.0. The second-order valence-corrected chi connectivity index (χ2v) is 6.80. The highest BCUT2D eigenvalue weighted by Gasteiger charge is 2.23. The number of pyridine rings is 1. The van der Waals surface area contributed by atoms with Crippen molar-refractivity contribution in [3.63, 3.8) is 0 Å². The summed E-state index contributed by atoms with van der Waals surface area (Å²) in [6.07, 6.45) is 2.81. The molecule has 1 N–H and O–H groups in total. The van der Waals surface area contributed by atoms with Crippen molar-refractivity contribution >= 4 is 17.5 Å². The van der Waals surface area contributed by atoms with Gasteiger partial charge >= 0.3 is 0 Å². The van der Waals surface area contributed by atoms with E-state index in [9.17, 15) is 4.79 Å². The van der Waals surface area contributed by atoms with Gasteiger partial charge in [0.15, 0.2) is 0 Å². The SMILES string of the molecule is CC1CC(C)CN(CC(C)NC(=O)c2ccc(Cl)nc2)C1. The molecule has 1 fully saturated rings. The van der Waals surface area contributed by atoms with E-state index >= 15 is 0 Å². The van der Waals surface area contributed by atoms with Gasteiger partial charge in [-0.1, -0.05) is 25.4 Å². The van der Waals surface area contributed by atoms with E-state index in [2.05, 4.69) is 29.0 Å². The average Bonchev–Trinajstić information content (AvgIpc) is 2.37. The fourth-order valence-corrected chi connectivity index (χ4v) is 3.30. The quantitative estimate of drug-likeness (QED) is 0.870. The van der Waals surface area contributed by atoms with Gasteiger partial charge in [-0.2, -0.15) is 0 Å². The summed E-state index contributed by atoms with van der Waals surface area (Å²) in [6.45, 7) is 9.77. The highest BCUT2D eigenvalue weighted by Crippen LogP contribution is 2.20. The van der Waals surface area contributed by atoms with Gasteiger partial charge in [-0.25, -0.2) is 4.98 Å². The highest BCUT2D eigenvalue weighted by atomic mass is 35.5. The second-order valence-electron chi connectivity index (χ2n) is 6.41. The van der Waals surface area contributed by atoms with Crippen molar-refractivity contribution in [3.05, 3.63) is 29.0 Å². The summed E-state index contributed by atoms with van der Waals surface area (Å²) >= 11 is 5.73. The Morgan fingerprint density at radius 1 is 1.43 bits per heavy atom. The molecule has 1 aliphatic heterocycles. The minimum atomic E-state index is -0.0928. The number of likely N-dealkylation sites (tertiary alicyclic amines) is 1. The number of hydrogen-bond donors (Lipinski definition) is 1. The summed E-state index contributed by atoms with van der Waals surface area (Å²) in [5.41, 5.74) is 0.548. The van der Waals surface area contributed by atoms with Crippen LogP contribution >= 0.6 is 11.6 Å². The molecule has 0 radical (unpaired) electrons. The third kappa shape index (κ3) is 4.97. The van der Waals surface area contributed by atoms with Crippen LogP contribution in [0.15, 0.2) is 18.3 Å². The van der Waals surface area contributed by atoms with Crippen molar-refractivity contribution in [2.45, 2.75) is 33.2 Å². The Balaban J connectivity index is 1.85. The maximum Gasteiger partial charge on any atom is 0.253 e. The monoisotopic (exact) mass is 309 g/mol. The van der Waals surface area contributed by atoms with Crippen molar-refractivity contribution in [1.82, 2.24) is 15.2 Å². The number of carbonyl (C=O) groups is 1. The molecule has 0 bridgehead atoms. The summed E-state index contributed by atoms with van der Waals surface area (Å²) in [5, 5.41) is 3.43. The van der Waals surface area contributed by atoms with Crippen LogP contribution < -0.4 is 5.32 Å². The van der Waals surface area contributed by atoms with Gasteiger partial charge < -0.3 is 10.2 Å². The van der Waals surface area contributed by atoms with Gasteiger partial charge in [0.25, 0.3) is 5.91 Å². The van der Waals surface area contributed by atoms with Crippen LogP contribution in [0, 0.1) is 11.8 Å². The van der Waals surface area contributed by atoms with Crippen LogP contribution in [0.3, 0.4) is 0 Å². The van der Waals surface area contributed by atoms with Crippen LogP contribution in [-0.4, -0.2) is 41.5 Å². The molecule has 0 spiro atoms. The Morgan fingerprint density at radius 3 is 2.67 bits per heavy atom. The first kappa shape index (κ1) is 16.2. The molecule has 2 rings (SSSR count). The number of piperidine rings is 1. The molecular weight excluding hydrogens is 286 g/mol. The molecule has 3 unspecified atom stereocenters. The van der Waals surface area contributed by atoms with Crippen LogP contribution in [0.1, 0.15) is 37.6 Å². The molecule has 1 saturated heterocycles. The van der Waals surface area contributed by atoms with Crippen LogP contribution in [-0.2, 0) is 0 Å². The third-order valence-corrected chi connectivity index (χ3v) is 4.07. The van der Waals surface area contributed by atoms with Gasteiger partial charge in [0.2, 0.25) is 0 Å². The summed E-state index contributed by atoms with van der Waals surface area (Å²) in [6, 6.07) is 3.45. The number of nitrogens with one attached hydrogen (secondary N) is 1. The number of rotatable bonds is 4. The Kier molecular flexibility index (Phi) is 5.59. The van der Waals surface area contributed by atoms with Gasteiger partial charge in [-0.05, 0) is 37.3 Å². The smallest absolute Gasteiger partial charge is 0.253 e. The standard InChI is InChI=1S/C16H24ClN3O/c1-11-6-12(2)9-20(8-11)10-13(3)19-16(21)14-4-5-15(17)18-7-14/h4-5,7,11-13H,6,8-10H2,1-3H3,(H,19,21). The lowest BCUT2D eigenvalue weighted by Crippen LogP contribution is -2.47. The zero-order valence-corrected chi connectivity index (χ0v) is 13.7. The van der Waals surface area contributed by atoms with Crippen molar-refractivity contribution in [2.75, 3.05) is 19.6 Å². The lowest BCUT2D eigenvalue weighted by Gasteiger charge is -2.36. The first-order valence-corrected chi connectivity index (χ1v) is 7.96. The predicted octanol–water partition coefficient (Wildman–Crippen LogP) is 2.83. The number of halogens is 1. The van der Waals surface area contributed by atoms with Gasteiger partial charge in [0.1, 0.15) is 5.15 Å². The fourth-order valence-electron chi connectivity index (χ4n) is 3.19. The Labute approximate surface area is 131 Å². The van der Waals surface area contributed by atoms with E-state index in [1.165, 1.54) is 12.6 Å². The summed E-state index contributed by atoms with van der Waals surface area (Å²) in [7, 11) is 0. The molecule has 1 aromatic rings. The van der Waals surface area contributed by atoms with Gasteiger partial charge in [-0.3, -0.25) is 4.79 Å². The molecule has 5 heteroatoms. The van der Waals surface area contributed by atoms with Crippen LogP contribution in [0.4, 0.5) is 0 Å². The molecule has 1 aromatic heterocycles. The first-order valence-electron chi connectivity index (χ1n) is 7.58. The first-order chi connectivity index (χ1) is 9.94. The molecule has 1 amide bonds. The summed E-state index contributed by atoms with van der Waals surface area (Å²) in [4.78, 5) is 18.5. The van der Waals surface area contributed by atoms with Crippen LogP contribution in [0.5, 0.6) is 0 Å². The molecule has 0 aliphatic carbocycles. The van der Waals surface area contributed by atoms with Gasteiger partial charge in [0, 0.05) is 31.9 Å². The number of hydrogen-bond acceptors (Lipinski definition) is 3. The second kappa shape index (κ2) is 7.23. The maximum atomic E-state index is 12.1. The number of amides is 1. The molecule has 3 atom stereocenters. The Morgan fingerprint density at radius 2 is 2.10 bits per heavy atom. The van der Waals surface area contributed by atoms with Gasteiger partial charge in [-0.15, -0.1) is 0 Å². The lowest BCUT2D eigenvalue weighted by molar-refractivity contribution is 0.0904. The maximum absolute atomic E-state index is 12.1. The predicted molar refractivity (Wildman–Crippen MR) is 85.6 cm³/mol. The number of aromatic nitrogens is 1. The fraction of sp³-hybridized carbons (Fsp3) is 0.625. The largest absolute Gasteiger partial charge is 0.348 e. The van der Waals surface area contributed by atoms with E-state index in [0.717, 1.165) is 31.5 Å². The normalized spacial score (nSPS) is 24.6. The lowest BCUT2D eigenvalue weighted by atomic mass is 9.92. The molecule has 4 nitrogen and oxygen atoms in total. The van der Waals surface area contributed by atoms with Gasteiger partial charge in [0.05, 0.1) is 5.56 Å².